The quantitative estimate of drug-likeness (QED) is 0.911. The second-order valence-electron chi connectivity index (χ2n) is 6.45. The molecule has 1 fully saturated rings. The lowest BCUT2D eigenvalue weighted by molar-refractivity contribution is -0.133. The van der Waals surface area contributed by atoms with Gasteiger partial charge < -0.3 is 10.2 Å². The van der Waals surface area contributed by atoms with Crippen LogP contribution in [0.2, 0.25) is 0 Å². The molecule has 2 aromatic carbocycles. The predicted molar refractivity (Wildman–Crippen MR) is 94.4 cm³/mol. The van der Waals surface area contributed by atoms with E-state index in [1.54, 1.807) is 17.0 Å². The van der Waals surface area contributed by atoms with Crippen LogP contribution >= 0.6 is 0 Å². The number of rotatable bonds is 4. The van der Waals surface area contributed by atoms with Crippen molar-refractivity contribution in [3.05, 3.63) is 65.7 Å². The van der Waals surface area contributed by atoms with Gasteiger partial charge in [0.1, 0.15) is 11.6 Å². The number of halogens is 2. The molecule has 2 amide bonds. The van der Waals surface area contributed by atoms with E-state index in [1.165, 1.54) is 36.4 Å². The van der Waals surface area contributed by atoms with Gasteiger partial charge in [0, 0.05) is 24.7 Å². The zero-order chi connectivity index (χ0) is 18.5. The standard InChI is InChI=1S/C20H20F2N2O2/c21-16-3-1-14(2-4-16)13-19(25)24-11-9-15(10-12-24)20(26)23-18-7-5-17(22)6-8-18/h1-8,15H,9-13H2,(H,23,26). The third-order valence-electron chi connectivity index (χ3n) is 4.60. The minimum absolute atomic E-state index is 0.0194. The summed E-state index contributed by atoms with van der Waals surface area (Å²) in [6.45, 7) is 1.03. The van der Waals surface area contributed by atoms with Gasteiger partial charge in [-0.2, -0.15) is 0 Å². The molecule has 0 saturated carbocycles. The average molecular weight is 358 g/mol. The lowest BCUT2D eigenvalue weighted by Crippen LogP contribution is -2.42. The molecule has 1 saturated heterocycles. The van der Waals surface area contributed by atoms with Crippen LogP contribution in [0.25, 0.3) is 0 Å². The molecule has 136 valence electrons. The van der Waals surface area contributed by atoms with Gasteiger partial charge in [0.25, 0.3) is 0 Å². The van der Waals surface area contributed by atoms with Crippen molar-refractivity contribution in [1.82, 2.24) is 4.90 Å². The van der Waals surface area contributed by atoms with Crippen LogP contribution in [-0.4, -0.2) is 29.8 Å². The number of carbonyl (C=O) groups excluding carboxylic acids is 2. The summed E-state index contributed by atoms with van der Waals surface area (Å²) in [6.07, 6.45) is 1.40. The fraction of sp³-hybridized carbons (Fsp3) is 0.300. The van der Waals surface area contributed by atoms with Gasteiger partial charge in [-0.25, -0.2) is 8.78 Å². The van der Waals surface area contributed by atoms with E-state index in [9.17, 15) is 18.4 Å². The van der Waals surface area contributed by atoms with Gasteiger partial charge in [-0.15, -0.1) is 0 Å². The van der Waals surface area contributed by atoms with Gasteiger partial charge >= 0.3 is 0 Å². The fourth-order valence-electron chi connectivity index (χ4n) is 3.06. The van der Waals surface area contributed by atoms with Crippen LogP contribution in [0.1, 0.15) is 18.4 Å². The highest BCUT2D eigenvalue weighted by atomic mass is 19.1. The minimum atomic E-state index is -0.351. The Kier molecular flexibility index (Phi) is 5.61. The zero-order valence-electron chi connectivity index (χ0n) is 14.3. The number of carbonyl (C=O) groups is 2. The van der Waals surface area contributed by atoms with Crippen LogP contribution in [0, 0.1) is 17.6 Å². The Morgan fingerprint density at radius 3 is 2.04 bits per heavy atom. The normalized spacial score (nSPS) is 14.9. The number of benzene rings is 2. The average Bonchev–Trinajstić information content (AvgIpc) is 2.65. The molecule has 0 radical (unpaired) electrons. The highest BCUT2D eigenvalue weighted by Crippen LogP contribution is 2.20. The van der Waals surface area contributed by atoms with E-state index < -0.39 is 0 Å². The van der Waals surface area contributed by atoms with Crippen LogP contribution in [0.5, 0.6) is 0 Å². The van der Waals surface area contributed by atoms with Crippen molar-refractivity contribution in [2.24, 2.45) is 5.92 Å². The smallest absolute Gasteiger partial charge is 0.227 e. The van der Waals surface area contributed by atoms with Crippen LogP contribution in [-0.2, 0) is 16.0 Å². The zero-order valence-corrected chi connectivity index (χ0v) is 14.3. The Morgan fingerprint density at radius 2 is 1.46 bits per heavy atom. The van der Waals surface area contributed by atoms with Crippen molar-refractivity contribution in [3.63, 3.8) is 0 Å². The lowest BCUT2D eigenvalue weighted by Gasteiger charge is -2.31. The maximum absolute atomic E-state index is 12.9. The summed E-state index contributed by atoms with van der Waals surface area (Å²) in [5.74, 6) is -0.976. The fourth-order valence-corrected chi connectivity index (χ4v) is 3.06. The van der Waals surface area contributed by atoms with Crippen molar-refractivity contribution in [2.75, 3.05) is 18.4 Å². The second-order valence-corrected chi connectivity index (χ2v) is 6.45. The topological polar surface area (TPSA) is 49.4 Å². The molecule has 1 aliphatic rings. The van der Waals surface area contributed by atoms with Gasteiger partial charge in [-0.3, -0.25) is 9.59 Å². The largest absolute Gasteiger partial charge is 0.342 e. The number of hydrogen-bond donors (Lipinski definition) is 1. The van der Waals surface area contributed by atoms with Crippen LogP contribution in [0.3, 0.4) is 0 Å². The van der Waals surface area contributed by atoms with E-state index in [-0.39, 0.29) is 35.8 Å². The van der Waals surface area contributed by atoms with Crippen molar-refractivity contribution in [1.29, 1.82) is 0 Å². The predicted octanol–water partition coefficient (Wildman–Crippen LogP) is 3.38. The molecule has 1 heterocycles. The first-order valence-electron chi connectivity index (χ1n) is 8.60. The second kappa shape index (κ2) is 8.08. The lowest BCUT2D eigenvalue weighted by atomic mass is 9.95. The van der Waals surface area contributed by atoms with Gasteiger partial charge in [-0.1, -0.05) is 12.1 Å². The Bertz CT molecular complexity index is 700. The Labute approximate surface area is 150 Å². The maximum atomic E-state index is 12.9. The molecule has 6 heteroatoms. The van der Waals surface area contributed by atoms with E-state index >= 15 is 0 Å². The number of amides is 2. The first-order valence-corrected chi connectivity index (χ1v) is 8.60. The summed E-state index contributed by atoms with van der Waals surface area (Å²) in [7, 11) is 0. The van der Waals surface area contributed by atoms with Crippen molar-refractivity contribution in [2.45, 2.75) is 19.3 Å². The molecular weight excluding hydrogens is 338 g/mol. The molecule has 0 spiro atoms. The molecule has 2 aromatic rings. The van der Waals surface area contributed by atoms with Gasteiger partial charge in [0.05, 0.1) is 6.42 Å². The maximum Gasteiger partial charge on any atom is 0.227 e. The van der Waals surface area contributed by atoms with E-state index in [1.807, 2.05) is 0 Å². The molecule has 0 aromatic heterocycles. The summed E-state index contributed by atoms with van der Waals surface area (Å²) < 4.78 is 25.8. The molecule has 0 bridgehead atoms. The van der Waals surface area contributed by atoms with E-state index in [0.717, 1.165) is 5.56 Å². The third kappa shape index (κ3) is 4.65. The summed E-state index contributed by atoms with van der Waals surface area (Å²) >= 11 is 0. The molecule has 0 unspecified atom stereocenters. The summed E-state index contributed by atoms with van der Waals surface area (Å²) in [6, 6.07) is 11.5. The van der Waals surface area contributed by atoms with E-state index in [2.05, 4.69) is 5.32 Å². The van der Waals surface area contributed by atoms with Crippen LogP contribution in [0.15, 0.2) is 48.5 Å². The van der Waals surface area contributed by atoms with Gasteiger partial charge in [0.15, 0.2) is 0 Å². The summed E-state index contributed by atoms with van der Waals surface area (Å²) in [4.78, 5) is 26.4. The number of nitrogens with one attached hydrogen (secondary N) is 1. The summed E-state index contributed by atoms with van der Waals surface area (Å²) in [5.41, 5.74) is 1.33. The minimum Gasteiger partial charge on any atom is -0.342 e. The monoisotopic (exact) mass is 358 g/mol. The molecule has 1 N–H and O–H groups in total. The molecule has 4 nitrogen and oxygen atoms in total. The van der Waals surface area contributed by atoms with E-state index in [0.29, 0.717) is 31.6 Å². The Morgan fingerprint density at radius 1 is 0.923 bits per heavy atom. The highest BCUT2D eigenvalue weighted by molar-refractivity contribution is 5.92. The van der Waals surface area contributed by atoms with Crippen molar-refractivity contribution in [3.8, 4) is 0 Å². The molecule has 3 rings (SSSR count). The van der Waals surface area contributed by atoms with Crippen LogP contribution in [0.4, 0.5) is 14.5 Å². The molecule has 0 aliphatic carbocycles. The number of nitrogens with zero attached hydrogens (tertiary/aromatic N) is 1. The first kappa shape index (κ1) is 18.0. The van der Waals surface area contributed by atoms with Gasteiger partial charge in [-0.05, 0) is 54.8 Å². The van der Waals surface area contributed by atoms with E-state index in [4.69, 9.17) is 0 Å². The molecule has 0 atom stereocenters. The third-order valence-corrected chi connectivity index (χ3v) is 4.60. The Balaban J connectivity index is 1.48. The SMILES string of the molecule is O=C(Nc1ccc(F)cc1)C1CCN(C(=O)Cc2ccc(F)cc2)CC1. The summed E-state index contributed by atoms with van der Waals surface area (Å²) in [5, 5.41) is 2.78. The number of likely N-dealkylation sites (tertiary alicyclic amines) is 1. The molecule has 1 aliphatic heterocycles. The van der Waals surface area contributed by atoms with Crippen molar-refractivity contribution < 1.29 is 18.4 Å². The molecule has 26 heavy (non-hydrogen) atoms. The number of piperidine rings is 1. The first-order chi connectivity index (χ1) is 12.5. The number of hydrogen-bond acceptors (Lipinski definition) is 2. The van der Waals surface area contributed by atoms with Crippen LogP contribution < -0.4 is 5.32 Å². The number of anilines is 1. The highest BCUT2D eigenvalue weighted by Gasteiger charge is 2.27. The van der Waals surface area contributed by atoms with Crippen molar-refractivity contribution >= 4 is 17.5 Å². The molecular formula is C20H20F2N2O2. The Hall–Kier alpha value is -2.76. The van der Waals surface area contributed by atoms with Gasteiger partial charge in [0.2, 0.25) is 11.8 Å².